The zero-order chi connectivity index (χ0) is 30.0. The Kier molecular flexibility index (Phi) is 8.31. The Morgan fingerprint density at radius 2 is 1.93 bits per heavy atom. The van der Waals surface area contributed by atoms with Gasteiger partial charge in [-0.2, -0.15) is 0 Å². The van der Waals surface area contributed by atoms with Crippen molar-refractivity contribution in [2.45, 2.75) is 43.0 Å². The number of benzene rings is 2. The van der Waals surface area contributed by atoms with E-state index in [1.807, 2.05) is 0 Å². The second-order valence-electron chi connectivity index (χ2n) is 9.43. The molecule has 0 amide bonds. The Labute approximate surface area is 248 Å². The summed E-state index contributed by atoms with van der Waals surface area (Å²) in [5.74, 6) is -0.0177. The minimum Gasteiger partial charge on any atom is -0.497 e. The normalized spacial score (nSPS) is 14.9. The Morgan fingerprint density at radius 1 is 1.17 bits per heavy atom. The van der Waals surface area contributed by atoms with Crippen molar-refractivity contribution in [3.05, 3.63) is 113 Å². The predicted molar refractivity (Wildman–Crippen MR) is 157 cm³/mol. The maximum Gasteiger partial charge on any atom is 0.338 e. The third-order valence-electron chi connectivity index (χ3n) is 6.23. The molecule has 0 N–H and O–H groups in total. The van der Waals surface area contributed by atoms with Crippen molar-refractivity contribution in [2.24, 2.45) is 4.99 Å². The third-order valence-corrected chi connectivity index (χ3v) is 8.20. The number of aromatic nitrogens is 3. The van der Waals surface area contributed by atoms with Gasteiger partial charge in [-0.3, -0.25) is 19.5 Å². The number of carbonyl (C=O) groups is 1. The number of nitrogens with zero attached hydrogens (tertiary/aromatic N) is 5. The van der Waals surface area contributed by atoms with Gasteiger partial charge >= 0.3 is 5.97 Å². The van der Waals surface area contributed by atoms with Gasteiger partial charge in [-0.1, -0.05) is 23.5 Å². The van der Waals surface area contributed by atoms with Crippen LogP contribution in [0.25, 0.3) is 6.08 Å². The molecule has 0 unspecified atom stereocenters. The Morgan fingerprint density at radius 3 is 2.62 bits per heavy atom. The maximum absolute atomic E-state index is 14.1. The maximum atomic E-state index is 14.1. The molecule has 2 aromatic carbocycles. The number of nitro benzene ring substituents is 1. The number of nitro groups is 1. The number of allylic oxidation sites excluding steroid dienone is 1. The fourth-order valence-electron chi connectivity index (χ4n) is 4.42. The molecule has 0 saturated carbocycles. The number of methoxy groups -OCH3 is 1. The van der Waals surface area contributed by atoms with Gasteiger partial charge in [0.05, 0.1) is 40.0 Å². The predicted octanol–water partition coefficient (Wildman–Crippen LogP) is 4.04. The summed E-state index contributed by atoms with van der Waals surface area (Å²) in [7, 11) is 1.54. The highest BCUT2D eigenvalue weighted by Gasteiger charge is 2.34. The van der Waals surface area contributed by atoms with Crippen LogP contribution in [0.15, 0.2) is 92.0 Å². The van der Waals surface area contributed by atoms with Crippen LogP contribution in [-0.2, 0) is 9.53 Å². The van der Waals surface area contributed by atoms with Crippen molar-refractivity contribution in [1.29, 1.82) is 0 Å². The summed E-state index contributed by atoms with van der Waals surface area (Å²) in [5.41, 5.74) is 1.21. The van der Waals surface area contributed by atoms with Gasteiger partial charge in [-0.05, 0) is 74.0 Å². The van der Waals surface area contributed by atoms with Crippen molar-refractivity contribution >= 4 is 40.8 Å². The van der Waals surface area contributed by atoms with Crippen LogP contribution in [0.4, 0.5) is 5.69 Å². The van der Waals surface area contributed by atoms with E-state index in [0.717, 1.165) is 11.3 Å². The number of non-ortho nitro benzene ring substituents is 1. The first-order valence-electron chi connectivity index (χ1n) is 12.8. The molecular formula is C29H25N5O6S2. The van der Waals surface area contributed by atoms with Gasteiger partial charge in [-0.25, -0.2) is 19.8 Å². The van der Waals surface area contributed by atoms with Gasteiger partial charge in [0.1, 0.15) is 5.75 Å². The molecule has 42 heavy (non-hydrogen) atoms. The number of hydrogen-bond donors (Lipinski definition) is 0. The minimum absolute atomic E-state index is 0.129. The molecule has 3 heterocycles. The lowest BCUT2D eigenvalue weighted by Gasteiger charge is -2.25. The standard InChI is InChI=1S/C29H25N5O6S2/c1-16(2)40-27(36)24-17(3)32-29-33(25(24)18-7-5-8-21(14-18)39-4)26(35)23(42-29)15-19-13-20(34(37)38)9-10-22(19)41-28-30-11-6-12-31-28/h5-16,25H,1-4H3/b23-15-/t25-/m0/s1. The molecule has 0 bridgehead atoms. The molecule has 4 aromatic rings. The van der Waals surface area contributed by atoms with Crippen LogP contribution in [0.3, 0.4) is 0 Å². The number of fused-ring (bicyclic) bond motifs is 1. The molecule has 214 valence electrons. The largest absolute Gasteiger partial charge is 0.497 e. The average Bonchev–Trinajstić information content (AvgIpc) is 3.27. The van der Waals surface area contributed by atoms with Crippen LogP contribution in [0.2, 0.25) is 0 Å². The fourth-order valence-corrected chi connectivity index (χ4v) is 6.25. The first-order chi connectivity index (χ1) is 20.2. The highest BCUT2D eigenvalue weighted by molar-refractivity contribution is 7.99. The van der Waals surface area contributed by atoms with E-state index in [1.54, 1.807) is 75.6 Å². The molecule has 1 aliphatic rings. The van der Waals surface area contributed by atoms with E-state index < -0.39 is 22.5 Å². The monoisotopic (exact) mass is 603 g/mol. The summed E-state index contributed by atoms with van der Waals surface area (Å²) < 4.78 is 12.7. The van der Waals surface area contributed by atoms with Gasteiger partial charge in [0.25, 0.3) is 11.2 Å². The van der Waals surface area contributed by atoms with E-state index in [9.17, 15) is 19.7 Å². The van der Waals surface area contributed by atoms with Crippen molar-refractivity contribution in [1.82, 2.24) is 14.5 Å². The molecular weight excluding hydrogens is 578 g/mol. The lowest BCUT2D eigenvalue weighted by molar-refractivity contribution is -0.384. The molecule has 1 aliphatic heterocycles. The summed E-state index contributed by atoms with van der Waals surface area (Å²) >= 11 is 2.35. The van der Waals surface area contributed by atoms with Gasteiger partial charge in [0.2, 0.25) is 0 Å². The van der Waals surface area contributed by atoms with E-state index in [4.69, 9.17) is 9.47 Å². The SMILES string of the molecule is COc1cccc([C@H]2C(C(=O)OC(C)C)=C(C)N=c3s/c(=C\c4cc([N+](=O)[O-])ccc4Sc4ncccn4)c(=O)n32)c1. The second-order valence-corrected chi connectivity index (χ2v) is 11.4. The highest BCUT2D eigenvalue weighted by Crippen LogP contribution is 2.33. The van der Waals surface area contributed by atoms with Crippen molar-refractivity contribution in [3.63, 3.8) is 0 Å². The van der Waals surface area contributed by atoms with Crippen LogP contribution in [0.1, 0.15) is 37.9 Å². The molecule has 0 radical (unpaired) electrons. The average molecular weight is 604 g/mol. The van der Waals surface area contributed by atoms with Gasteiger partial charge < -0.3 is 9.47 Å². The Balaban J connectivity index is 1.71. The molecule has 0 fully saturated rings. The summed E-state index contributed by atoms with van der Waals surface area (Å²) in [5, 5.41) is 12.0. The number of esters is 1. The number of hydrogen-bond acceptors (Lipinski definition) is 11. The summed E-state index contributed by atoms with van der Waals surface area (Å²) in [4.78, 5) is 52.5. The van der Waals surface area contributed by atoms with E-state index in [-0.39, 0.29) is 21.9 Å². The lowest BCUT2D eigenvalue weighted by atomic mass is 9.95. The lowest BCUT2D eigenvalue weighted by Crippen LogP contribution is -2.40. The molecule has 0 saturated heterocycles. The van der Waals surface area contributed by atoms with Crippen LogP contribution >= 0.6 is 23.1 Å². The topological polar surface area (TPSA) is 139 Å². The van der Waals surface area contributed by atoms with Gasteiger partial charge in [0, 0.05) is 29.4 Å². The first kappa shape index (κ1) is 28.9. The molecule has 2 aromatic heterocycles. The molecule has 0 aliphatic carbocycles. The zero-order valence-corrected chi connectivity index (χ0v) is 24.6. The highest BCUT2D eigenvalue weighted by atomic mass is 32.2. The van der Waals surface area contributed by atoms with E-state index in [0.29, 0.717) is 37.4 Å². The van der Waals surface area contributed by atoms with Gasteiger partial charge in [-0.15, -0.1) is 0 Å². The molecule has 11 nitrogen and oxygen atoms in total. The number of rotatable bonds is 8. The summed E-state index contributed by atoms with van der Waals surface area (Å²) in [6, 6.07) is 12.4. The van der Waals surface area contributed by atoms with Crippen molar-refractivity contribution in [2.75, 3.05) is 7.11 Å². The zero-order valence-electron chi connectivity index (χ0n) is 23.0. The summed E-state index contributed by atoms with van der Waals surface area (Å²) in [6.45, 7) is 5.20. The van der Waals surface area contributed by atoms with Crippen LogP contribution < -0.4 is 19.6 Å². The van der Waals surface area contributed by atoms with Crippen molar-refractivity contribution in [3.8, 4) is 5.75 Å². The van der Waals surface area contributed by atoms with E-state index in [1.165, 1.54) is 35.6 Å². The third kappa shape index (κ3) is 5.87. The van der Waals surface area contributed by atoms with Crippen LogP contribution in [0.5, 0.6) is 5.75 Å². The van der Waals surface area contributed by atoms with Crippen LogP contribution in [0, 0.1) is 10.1 Å². The van der Waals surface area contributed by atoms with Crippen LogP contribution in [-0.4, -0.2) is 38.6 Å². The van der Waals surface area contributed by atoms with E-state index in [2.05, 4.69) is 15.0 Å². The van der Waals surface area contributed by atoms with E-state index >= 15 is 0 Å². The Hall–Kier alpha value is -4.62. The first-order valence-corrected chi connectivity index (χ1v) is 14.4. The quantitative estimate of drug-likeness (QED) is 0.126. The number of thiazole rings is 1. The second kappa shape index (κ2) is 12.1. The summed E-state index contributed by atoms with van der Waals surface area (Å²) in [6.07, 6.45) is 4.41. The minimum atomic E-state index is -0.832. The number of ether oxygens (including phenoxy) is 2. The molecule has 1 atom stereocenters. The fraction of sp³-hybridized carbons (Fsp3) is 0.207. The van der Waals surface area contributed by atoms with Gasteiger partial charge in [0.15, 0.2) is 9.96 Å². The smallest absolute Gasteiger partial charge is 0.338 e. The molecule has 13 heteroatoms. The Bertz CT molecular complexity index is 1900. The number of carbonyl (C=O) groups excluding carboxylic acids is 1. The molecule has 0 spiro atoms. The van der Waals surface area contributed by atoms with Crippen molar-refractivity contribution < 1.29 is 19.2 Å². The molecule has 5 rings (SSSR count).